The molecule has 0 bridgehead atoms. The van der Waals surface area contributed by atoms with Crippen LogP contribution in [0.1, 0.15) is 0 Å². The summed E-state index contributed by atoms with van der Waals surface area (Å²) in [5.41, 5.74) is 0.304. The van der Waals surface area contributed by atoms with E-state index in [2.05, 4.69) is 10.4 Å². The van der Waals surface area contributed by atoms with Gasteiger partial charge in [0, 0.05) is 5.69 Å². The van der Waals surface area contributed by atoms with Gasteiger partial charge in [0.15, 0.2) is 0 Å². The molecule has 1 heterocycles. The van der Waals surface area contributed by atoms with Crippen molar-refractivity contribution < 1.29 is 9.72 Å². The van der Waals surface area contributed by atoms with Gasteiger partial charge >= 0.3 is 5.69 Å². The molecule has 0 spiro atoms. The fraction of sp³-hybridized carbons (Fsp3) is 0.0909. The van der Waals surface area contributed by atoms with Gasteiger partial charge in [-0.3, -0.25) is 19.6 Å². The first-order chi connectivity index (χ1) is 9.45. The molecule has 1 amide bonds. The quantitative estimate of drug-likeness (QED) is 0.694. The summed E-state index contributed by atoms with van der Waals surface area (Å²) in [5.74, 6) is -0.388. The van der Waals surface area contributed by atoms with Gasteiger partial charge in [0.05, 0.1) is 15.0 Å². The first-order valence-corrected chi connectivity index (χ1v) is 6.13. The van der Waals surface area contributed by atoms with Crippen molar-refractivity contribution in [3.05, 3.63) is 50.8 Å². The maximum Gasteiger partial charge on any atom is 0.307 e. The smallest absolute Gasteiger partial charge is 0.307 e. The topological polar surface area (TPSA) is 90.1 Å². The van der Waals surface area contributed by atoms with E-state index in [0.717, 1.165) is 6.20 Å². The number of anilines is 1. The zero-order valence-electron chi connectivity index (χ0n) is 9.92. The molecule has 9 heteroatoms. The van der Waals surface area contributed by atoms with Crippen LogP contribution in [0.25, 0.3) is 0 Å². The van der Waals surface area contributed by atoms with Crippen LogP contribution in [-0.2, 0) is 11.3 Å². The third kappa shape index (κ3) is 3.46. The normalized spacial score (nSPS) is 10.3. The van der Waals surface area contributed by atoms with E-state index in [4.69, 9.17) is 23.2 Å². The van der Waals surface area contributed by atoms with Crippen molar-refractivity contribution in [2.75, 3.05) is 5.32 Å². The summed E-state index contributed by atoms with van der Waals surface area (Å²) in [6.07, 6.45) is 2.25. The van der Waals surface area contributed by atoms with Gasteiger partial charge in [0.25, 0.3) is 0 Å². The Labute approximate surface area is 123 Å². The van der Waals surface area contributed by atoms with Crippen LogP contribution >= 0.6 is 23.2 Å². The summed E-state index contributed by atoms with van der Waals surface area (Å²) in [6.45, 7) is -0.145. The maximum absolute atomic E-state index is 11.7. The molecule has 20 heavy (non-hydrogen) atoms. The molecule has 2 rings (SSSR count). The highest BCUT2D eigenvalue weighted by Gasteiger charge is 2.11. The first kappa shape index (κ1) is 14.3. The lowest BCUT2D eigenvalue weighted by Gasteiger charge is -2.06. The highest BCUT2D eigenvalue weighted by molar-refractivity contribution is 6.42. The zero-order chi connectivity index (χ0) is 14.7. The largest absolute Gasteiger partial charge is 0.324 e. The highest BCUT2D eigenvalue weighted by Crippen LogP contribution is 2.24. The number of benzene rings is 1. The number of halogens is 2. The summed E-state index contributed by atoms with van der Waals surface area (Å²) in [7, 11) is 0. The molecule has 0 aliphatic heterocycles. The number of nitro groups is 1. The van der Waals surface area contributed by atoms with Crippen molar-refractivity contribution in [1.82, 2.24) is 9.78 Å². The van der Waals surface area contributed by atoms with Crippen molar-refractivity contribution in [2.24, 2.45) is 0 Å². The molecule has 2 aromatic rings. The van der Waals surface area contributed by atoms with Crippen molar-refractivity contribution in [3.8, 4) is 0 Å². The van der Waals surface area contributed by atoms with E-state index in [0.29, 0.717) is 15.7 Å². The van der Waals surface area contributed by atoms with E-state index in [1.54, 1.807) is 12.1 Å². The number of nitrogens with zero attached hydrogens (tertiary/aromatic N) is 3. The van der Waals surface area contributed by atoms with Crippen molar-refractivity contribution in [3.63, 3.8) is 0 Å². The van der Waals surface area contributed by atoms with Gasteiger partial charge in [-0.05, 0) is 18.2 Å². The average molecular weight is 315 g/mol. The average Bonchev–Trinajstić information content (AvgIpc) is 2.82. The number of amides is 1. The Bertz CT molecular complexity index is 671. The molecule has 0 aliphatic rings. The standard InChI is InChI=1S/C11H8Cl2N4O3/c12-9-2-1-7(3-10(9)13)15-11(18)6-16-5-8(4-14-16)17(19)20/h1-5H,6H2,(H,15,18). The molecule has 0 saturated carbocycles. The van der Waals surface area contributed by atoms with Gasteiger partial charge in [0.2, 0.25) is 5.91 Å². The molecule has 7 nitrogen and oxygen atoms in total. The van der Waals surface area contributed by atoms with E-state index in [1.807, 2.05) is 0 Å². The molecule has 0 radical (unpaired) electrons. The minimum Gasteiger partial charge on any atom is -0.324 e. The highest BCUT2D eigenvalue weighted by atomic mass is 35.5. The second kappa shape index (κ2) is 5.89. The Kier molecular flexibility index (Phi) is 4.21. The van der Waals surface area contributed by atoms with Gasteiger partial charge in [-0.25, -0.2) is 0 Å². The summed E-state index contributed by atoms with van der Waals surface area (Å²) < 4.78 is 1.17. The molecule has 0 aliphatic carbocycles. The summed E-state index contributed by atoms with van der Waals surface area (Å²) in [6, 6.07) is 4.66. The SMILES string of the molecule is O=C(Cn1cc([N+](=O)[O-])cn1)Nc1ccc(Cl)c(Cl)c1. The first-order valence-electron chi connectivity index (χ1n) is 5.37. The van der Waals surface area contributed by atoms with E-state index < -0.39 is 4.92 Å². The third-order valence-corrected chi connectivity index (χ3v) is 3.08. The molecular weight excluding hydrogens is 307 g/mol. The number of nitrogens with one attached hydrogen (secondary N) is 1. The van der Waals surface area contributed by atoms with Gasteiger partial charge in [0.1, 0.15) is 18.9 Å². The van der Waals surface area contributed by atoms with Crippen LogP contribution < -0.4 is 5.32 Å². The predicted molar refractivity (Wildman–Crippen MR) is 74.0 cm³/mol. The van der Waals surface area contributed by atoms with Crippen LogP contribution in [0.2, 0.25) is 10.0 Å². The monoisotopic (exact) mass is 314 g/mol. The Morgan fingerprint density at radius 3 is 2.75 bits per heavy atom. The molecule has 1 N–H and O–H groups in total. The van der Waals surface area contributed by atoms with Gasteiger partial charge in [-0.15, -0.1) is 0 Å². The molecule has 0 unspecified atom stereocenters. The fourth-order valence-corrected chi connectivity index (χ4v) is 1.75. The second-order valence-corrected chi connectivity index (χ2v) is 4.64. The van der Waals surface area contributed by atoms with Gasteiger partial charge in [-0.1, -0.05) is 23.2 Å². The molecule has 0 atom stereocenters. The van der Waals surface area contributed by atoms with Crippen molar-refractivity contribution in [2.45, 2.75) is 6.54 Å². The minimum absolute atomic E-state index is 0.145. The number of carbonyl (C=O) groups is 1. The number of aromatic nitrogens is 2. The van der Waals surface area contributed by atoms with E-state index in [9.17, 15) is 14.9 Å². The minimum atomic E-state index is -0.583. The summed E-state index contributed by atoms with van der Waals surface area (Å²) in [5, 5.41) is 17.5. The van der Waals surface area contributed by atoms with Crippen LogP contribution in [0.4, 0.5) is 11.4 Å². The summed E-state index contributed by atoms with van der Waals surface area (Å²) in [4.78, 5) is 21.6. The van der Waals surface area contributed by atoms with Gasteiger partial charge < -0.3 is 5.32 Å². The lowest BCUT2D eigenvalue weighted by atomic mass is 10.3. The molecule has 1 aromatic heterocycles. The zero-order valence-corrected chi connectivity index (χ0v) is 11.4. The number of rotatable bonds is 4. The number of carbonyl (C=O) groups excluding carboxylic acids is 1. The van der Waals surface area contributed by atoms with Gasteiger partial charge in [-0.2, -0.15) is 5.10 Å². The third-order valence-electron chi connectivity index (χ3n) is 2.34. The Hall–Kier alpha value is -2.12. The molecular formula is C11H8Cl2N4O3. The van der Waals surface area contributed by atoms with E-state index in [-0.39, 0.29) is 18.1 Å². The molecule has 1 aromatic carbocycles. The Morgan fingerprint density at radius 2 is 2.15 bits per heavy atom. The fourth-order valence-electron chi connectivity index (χ4n) is 1.45. The maximum atomic E-state index is 11.7. The predicted octanol–water partition coefficient (Wildman–Crippen LogP) is 2.74. The lowest BCUT2D eigenvalue weighted by molar-refractivity contribution is -0.385. The van der Waals surface area contributed by atoms with Crippen LogP contribution in [0.5, 0.6) is 0 Å². The lowest BCUT2D eigenvalue weighted by Crippen LogP contribution is -2.18. The number of hydrogen-bond acceptors (Lipinski definition) is 4. The van der Waals surface area contributed by atoms with Crippen LogP contribution in [0.15, 0.2) is 30.6 Å². The molecule has 0 fully saturated rings. The van der Waals surface area contributed by atoms with Crippen molar-refractivity contribution >= 4 is 40.5 Å². The number of hydrogen-bond donors (Lipinski definition) is 1. The molecule has 0 saturated heterocycles. The Morgan fingerprint density at radius 1 is 1.40 bits per heavy atom. The summed E-state index contributed by atoms with van der Waals surface area (Å²) >= 11 is 11.6. The molecule has 104 valence electrons. The Balaban J connectivity index is 2.01. The second-order valence-electron chi connectivity index (χ2n) is 3.83. The van der Waals surface area contributed by atoms with Crippen LogP contribution in [0, 0.1) is 10.1 Å². The van der Waals surface area contributed by atoms with E-state index in [1.165, 1.54) is 16.9 Å². The van der Waals surface area contributed by atoms with Crippen molar-refractivity contribution in [1.29, 1.82) is 0 Å². The van der Waals surface area contributed by atoms with Crippen LogP contribution in [0.3, 0.4) is 0 Å². The van der Waals surface area contributed by atoms with Crippen LogP contribution in [-0.4, -0.2) is 20.6 Å². The van der Waals surface area contributed by atoms with E-state index >= 15 is 0 Å².